The number of hydrogen-bond acceptors (Lipinski definition) is 5. The molecule has 6 nitrogen and oxygen atoms in total. The lowest BCUT2D eigenvalue weighted by molar-refractivity contribution is -0.140. The Morgan fingerprint density at radius 1 is 1.42 bits per heavy atom. The summed E-state index contributed by atoms with van der Waals surface area (Å²) in [5.41, 5.74) is 4.81. The maximum absolute atomic E-state index is 12.4. The van der Waals surface area contributed by atoms with Crippen molar-refractivity contribution in [2.75, 3.05) is 39.4 Å². The number of aliphatic imine (C=N–C) groups is 1. The molecule has 0 aromatic carbocycles. The fourth-order valence-electron chi connectivity index (χ4n) is 2.07. The number of guanidine groups is 1. The van der Waals surface area contributed by atoms with Gasteiger partial charge < -0.3 is 15.8 Å². The number of morpholine rings is 1. The van der Waals surface area contributed by atoms with E-state index in [1.54, 1.807) is 0 Å². The molecule has 2 heterocycles. The molecule has 24 heavy (non-hydrogen) atoms. The Labute approximate surface area is 159 Å². The van der Waals surface area contributed by atoms with Crippen LogP contribution in [0.15, 0.2) is 10.4 Å². The first kappa shape index (κ1) is 21.4. The van der Waals surface area contributed by atoms with E-state index in [9.17, 15) is 13.2 Å². The molecule has 1 saturated heterocycles. The molecule has 0 spiro atoms. The van der Waals surface area contributed by atoms with E-state index in [1.807, 2.05) is 0 Å². The smallest absolute Gasteiger partial charge is 0.379 e. The largest absolute Gasteiger partial charge is 0.434 e. The minimum Gasteiger partial charge on any atom is -0.379 e. The van der Waals surface area contributed by atoms with Gasteiger partial charge in [0.25, 0.3) is 0 Å². The Morgan fingerprint density at radius 2 is 2.12 bits per heavy atom. The van der Waals surface area contributed by atoms with E-state index in [4.69, 9.17) is 10.5 Å². The Balaban J connectivity index is 0.00000288. The predicted molar refractivity (Wildman–Crippen MR) is 97.7 cm³/mol. The lowest BCUT2D eigenvalue weighted by Gasteiger charge is -2.26. The van der Waals surface area contributed by atoms with Gasteiger partial charge in [-0.25, -0.2) is 9.98 Å². The fraction of sp³-hybridized carbons (Fsp3) is 0.692. The number of ether oxygens (including phenoxy) is 1. The first-order chi connectivity index (χ1) is 10.9. The zero-order chi connectivity index (χ0) is 16.7. The van der Waals surface area contributed by atoms with Crippen LogP contribution in [0.3, 0.4) is 0 Å². The molecule has 2 rings (SSSR count). The van der Waals surface area contributed by atoms with Crippen molar-refractivity contribution in [1.82, 2.24) is 15.2 Å². The summed E-state index contributed by atoms with van der Waals surface area (Å²) in [4.78, 5) is 9.81. The Bertz CT molecular complexity index is 520. The van der Waals surface area contributed by atoms with Crippen molar-refractivity contribution < 1.29 is 17.9 Å². The molecule has 0 aliphatic carbocycles. The fourth-order valence-corrected chi connectivity index (χ4v) is 2.79. The molecular formula is C13H21F3IN5OS. The van der Waals surface area contributed by atoms with Crippen LogP contribution in [0, 0.1) is 0 Å². The maximum Gasteiger partial charge on any atom is 0.434 e. The number of thiazole rings is 1. The number of nitrogens with one attached hydrogen (secondary N) is 1. The number of halogens is 4. The van der Waals surface area contributed by atoms with Gasteiger partial charge >= 0.3 is 6.18 Å². The van der Waals surface area contributed by atoms with Crippen LogP contribution < -0.4 is 11.1 Å². The van der Waals surface area contributed by atoms with Crippen LogP contribution in [0.2, 0.25) is 0 Å². The van der Waals surface area contributed by atoms with Gasteiger partial charge in [0, 0.05) is 25.0 Å². The quantitative estimate of drug-likeness (QED) is 0.282. The molecule has 0 atom stereocenters. The summed E-state index contributed by atoms with van der Waals surface area (Å²) in [7, 11) is 0. The van der Waals surface area contributed by atoms with Gasteiger partial charge in [-0.05, 0) is 13.0 Å². The summed E-state index contributed by atoms with van der Waals surface area (Å²) < 4.78 is 42.5. The van der Waals surface area contributed by atoms with Crippen LogP contribution in [-0.2, 0) is 17.5 Å². The average Bonchev–Trinajstić information content (AvgIpc) is 3.00. The molecule has 1 aromatic rings. The molecule has 0 unspecified atom stereocenters. The van der Waals surface area contributed by atoms with Gasteiger partial charge in [0.05, 0.1) is 19.8 Å². The summed E-state index contributed by atoms with van der Waals surface area (Å²) in [5, 5.41) is 4.22. The van der Waals surface area contributed by atoms with Crippen LogP contribution >= 0.6 is 35.3 Å². The molecule has 3 N–H and O–H groups in total. The van der Waals surface area contributed by atoms with Gasteiger partial charge in [-0.15, -0.1) is 35.3 Å². The normalized spacial score (nSPS) is 16.7. The van der Waals surface area contributed by atoms with Crippen LogP contribution in [0.4, 0.5) is 13.2 Å². The van der Waals surface area contributed by atoms with E-state index in [0.717, 1.165) is 56.0 Å². The van der Waals surface area contributed by atoms with Crippen LogP contribution in [0.25, 0.3) is 0 Å². The summed E-state index contributed by atoms with van der Waals surface area (Å²) >= 11 is 0.926. The van der Waals surface area contributed by atoms with Crippen LogP contribution in [0.5, 0.6) is 0 Å². The van der Waals surface area contributed by atoms with E-state index in [1.165, 1.54) is 0 Å². The number of nitrogens with zero attached hydrogens (tertiary/aromatic N) is 3. The summed E-state index contributed by atoms with van der Waals surface area (Å²) in [6.07, 6.45) is -3.51. The number of alkyl halides is 3. The van der Waals surface area contributed by atoms with E-state index >= 15 is 0 Å². The third kappa shape index (κ3) is 7.49. The predicted octanol–water partition coefficient (Wildman–Crippen LogP) is 1.91. The monoisotopic (exact) mass is 479 g/mol. The molecule has 0 saturated carbocycles. The topological polar surface area (TPSA) is 75.8 Å². The number of hydrogen-bond donors (Lipinski definition) is 2. The lowest BCUT2D eigenvalue weighted by Crippen LogP contribution is -2.39. The zero-order valence-corrected chi connectivity index (χ0v) is 16.2. The van der Waals surface area contributed by atoms with E-state index in [-0.39, 0.29) is 41.5 Å². The van der Waals surface area contributed by atoms with Crippen molar-refractivity contribution in [3.8, 4) is 0 Å². The van der Waals surface area contributed by atoms with Gasteiger partial charge in [0.1, 0.15) is 5.01 Å². The standard InChI is InChI=1S/C13H20F3N5OS.HI/c14-13(15,16)10-9-23-11(20-10)8-19-12(17)18-2-1-3-21-4-6-22-7-5-21;/h9H,1-8H2,(H3,17,18,19);1H. The van der Waals surface area contributed by atoms with Gasteiger partial charge in [0.15, 0.2) is 11.7 Å². The first-order valence-corrected chi connectivity index (χ1v) is 8.18. The maximum atomic E-state index is 12.4. The summed E-state index contributed by atoms with van der Waals surface area (Å²) in [6.45, 7) is 5.08. The molecule has 0 bridgehead atoms. The van der Waals surface area contributed by atoms with Gasteiger partial charge in [-0.3, -0.25) is 4.90 Å². The van der Waals surface area contributed by atoms with Gasteiger partial charge in [-0.2, -0.15) is 13.2 Å². The highest BCUT2D eigenvalue weighted by Gasteiger charge is 2.33. The highest BCUT2D eigenvalue weighted by atomic mass is 127. The summed E-state index contributed by atoms with van der Waals surface area (Å²) in [6, 6.07) is 0. The minimum atomic E-state index is -4.41. The third-order valence-corrected chi connectivity index (χ3v) is 4.12. The van der Waals surface area contributed by atoms with E-state index < -0.39 is 11.9 Å². The second-order valence-corrected chi connectivity index (χ2v) is 6.00. The van der Waals surface area contributed by atoms with Gasteiger partial charge in [0.2, 0.25) is 0 Å². The Morgan fingerprint density at radius 3 is 2.75 bits per heavy atom. The molecule has 0 amide bonds. The zero-order valence-electron chi connectivity index (χ0n) is 13.0. The van der Waals surface area contributed by atoms with Crippen molar-refractivity contribution >= 4 is 41.3 Å². The molecule has 11 heteroatoms. The minimum absolute atomic E-state index is 0. The van der Waals surface area contributed by atoms with Gasteiger partial charge in [-0.1, -0.05) is 0 Å². The Hall–Kier alpha value is -0.660. The number of aromatic nitrogens is 1. The molecule has 1 aliphatic heterocycles. The highest BCUT2D eigenvalue weighted by Crippen LogP contribution is 2.30. The van der Waals surface area contributed by atoms with Crippen molar-refractivity contribution in [2.24, 2.45) is 10.7 Å². The van der Waals surface area contributed by atoms with E-state index in [0.29, 0.717) is 6.54 Å². The average molecular weight is 479 g/mol. The first-order valence-electron chi connectivity index (χ1n) is 7.30. The SMILES string of the molecule is I.NC(=NCc1nc(C(F)(F)F)cs1)NCCCN1CCOCC1. The highest BCUT2D eigenvalue weighted by molar-refractivity contribution is 14.0. The van der Waals surface area contributed by atoms with Crippen molar-refractivity contribution in [3.63, 3.8) is 0 Å². The van der Waals surface area contributed by atoms with Crippen LogP contribution in [0.1, 0.15) is 17.1 Å². The van der Waals surface area contributed by atoms with Crippen molar-refractivity contribution in [1.29, 1.82) is 0 Å². The second kappa shape index (κ2) is 10.4. The third-order valence-electron chi connectivity index (χ3n) is 3.29. The van der Waals surface area contributed by atoms with Crippen molar-refractivity contribution in [2.45, 2.75) is 19.1 Å². The molecule has 1 aliphatic rings. The number of nitrogens with two attached hydrogens (primary N) is 1. The summed E-state index contributed by atoms with van der Waals surface area (Å²) in [5.74, 6) is 0.218. The Kier molecular flexibility index (Phi) is 9.23. The molecule has 1 aromatic heterocycles. The molecule has 0 radical (unpaired) electrons. The van der Waals surface area contributed by atoms with E-state index in [2.05, 4.69) is 20.2 Å². The second-order valence-electron chi connectivity index (χ2n) is 5.06. The number of rotatable bonds is 6. The van der Waals surface area contributed by atoms with Crippen molar-refractivity contribution in [3.05, 3.63) is 16.1 Å². The molecular weight excluding hydrogens is 458 g/mol. The van der Waals surface area contributed by atoms with Crippen LogP contribution in [-0.4, -0.2) is 55.2 Å². The lowest BCUT2D eigenvalue weighted by atomic mass is 10.3. The molecule has 1 fully saturated rings. The molecule has 138 valence electrons.